The largest absolute Gasteiger partial charge is 0.282 e. The first-order valence-corrected chi connectivity index (χ1v) is 19.5. The third-order valence-electron chi connectivity index (χ3n) is 11.6. The maximum atomic E-state index is 9.27. The molecule has 3 heteroatoms. The molecule has 0 unspecified atom stereocenters. The summed E-state index contributed by atoms with van der Waals surface area (Å²) in [4.78, 5) is 10.2. The molecular weight excluding hydrogens is 691 g/mol. The van der Waals surface area contributed by atoms with E-state index in [0.29, 0.717) is 5.84 Å². The standard InChI is InChI=1S/C54H39N3/c1-54(2)50-22-11-10-21-46(50)47-30-28-40(33-51(47)54)39-17-12-18-42(31-39)53(57-52(55)38-25-23-36(24-26-38)35-13-4-3-5-14-35)56-34-49-44-20-9-7-16-41(44)32-48-43-19-8-6-15-37(43)27-29-45(48)49/h3-34,55H,1-2H3. The predicted molar refractivity (Wildman–Crippen MR) is 241 cm³/mol. The van der Waals surface area contributed by atoms with Gasteiger partial charge >= 0.3 is 0 Å². The molecule has 0 heterocycles. The van der Waals surface area contributed by atoms with Crippen LogP contribution in [-0.2, 0) is 5.41 Å². The van der Waals surface area contributed by atoms with E-state index >= 15 is 0 Å². The molecule has 3 nitrogen and oxygen atoms in total. The van der Waals surface area contributed by atoms with Crippen molar-refractivity contribution in [2.24, 2.45) is 9.98 Å². The molecule has 10 rings (SSSR count). The van der Waals surface area contributed by atoms with E-state index in [2.05, 4.69) is 166 Å². The lowest BCUT2D eigenvalue weighted by atomic mass is 9.81. The topological polar surface area (TPSA) is 48.6 Å². The first-order valence-electron chi connectivity index (χ1n) is 19.5. The Morgan fingerprint density at radius 1 is 0.456 bits per heavy atom. The molecule has 0 aromatic heterocycles. The summed E-state index contributed by atoms with van der Waals surface area (Å²) in [6, 6.07) is 66.0. The van der Waals surface area contributed by atoms with Crippen molar-refractivity contribution in [2.45, 2.75) is 19.3 Å². The highest BCUT2D eigenvalue weighted by Crippen LogP contribution is 2.49. The van der Waals surface area contributed by atoms with Crippen molar-refractivity contribution in [1.29, 1.82) is 5.41 Å². The zero-order valence-corrected chi connectivity index (χ0v) is 31.9. The number of nitrogens with zero attached hydrogens (tertiary/aromatic N) is 2. The summed E-state index contributed by atoms with van der Waals surface area (Å²) >= 11 is 0. The second-order valence-corrected chi connectivity index (χ2v) is 15.4. The summed E-state index contributed by atoms with van der Waals surface area (Å²) in [6.45, 7) is 4.63. The molecule has 0 bridgehead atoms. The highest BCUT2D eigenvalue weighted by atomic mass is 14.9. The Bertz CT molecular complexity index is 3100. The second kappa shape index (κ2) is 13.8. The third kappa shape index (κ3) is 6.05. The Morgan fingerprint density at radius 2 is 1.11 bits per heavy atom. The monoisotopic (exact) mass is 729 g/mol. The van der Waals surface area contributed by atoms with Crippen LogP contribution in [0.5, 0.6) is 0 Å². The molecule has 57 heavy (non-hydrogen) atoms. The van der Waals surface area contributed by atoms with Gasteiger partial charge in [-0.25, -0.2) is 9.98 Å². The molecule has 0 saturated heterocycles. The first-order chi connectivity index (χ1) is 27.9. The zero-order valence-electron chi connectivity index (χ0n) is 31.9. The number of nitrogens with one attached hydrogen (secondary N) is 1. The Hall–Kier alpha value is -7.23. The molecule has 1 aliphatic rings. The molecule has 0 amide bonds. The Balaban J connectivity index is 1.10. The molecule has 0 spiro atoms. The number of amidine groups is 2. The summed E-state index contributed by atoms with van der Waals surface area (Å²) in [7, 11) is 0. The smallest absolute Gasteiger partial charge is 0.161 e. The number of benzene rings is 9. The van der Waals surface area contributed by atoms with Gasteiger partial charge in [0.1, 0.15) is 0 Å². The number of fused-ring (bicyclic) bond motifs is 7. The summed E-state index contributed by atoms with van der Waals surface area (Å²) in [5, 5.41) is 16.2. The van der Waals surface area contributed by atoms with Crippen LogP contribution in [0.25, 0.3) is 65.7 Å². The van der Waals surface area contributed by atoms with Crippen LogP contribution in [0, 0.1) is 5.41 Å². The van der Waals surface area contributed by atoms with E-state index in [4.69, 9.17) is 9.98 Å². The first kappa shape index (κ1) is 34.3. The van der Waals surface area contributed by atoms with Gasteiger partial charge in [0.15, 0.2) is 11.7 Å². The van der Waals surface area contributed by atoms with Gasteiger partial charge in [-0.05, 0) is 95.0 Å². The molecule has 1 N–H and O–H groups in total. The fourth-order valence-electron chi connectivity index (χ4n) is 8.63. The van der Waals surface area contributed by atoms with E-state index < -0.39 is 0 Å². The van der Waals surface area contributed by atoms with Crippen LogP contribution in [-0.4, -0.2) is 17.9 Å². The lowest BCUT2D eigenvalue weighted by molar-refractivity contribution is 0.660. The lowest BCUT2D eigenvalue weighted by Crippen LogP contribution is -2.14. The molecular formula is C54H39N3. The number of rotatable bonds is 5. The van der Waals surface area contributed by atoms with Gasteiger partial charge in [0.25, 0.3) is 0 Å². The molecule has 0 radical (unpaired) electrons. The van der Waals surface area contributed by atoms with Crippen LogP contribution >= 0.6 is 0 Å². The Morgan fingerprint density at radius 3 is 1.95 bits per heavy atom. The lowest BCUT2D eigenvalue weighted by Gasteiger charge is -2.22. The minimum atomic E-state index is -0.103. The van der Waals surface area contributed by atoms with Crippen LogP contribution in [0.1, 0.15) is 41.7 Å². The maximum Gasteiger partial charge on any atom is 0.161 e. The normalized spacial score (nSPS) is 13.3. The molecule has 9 aromatic carbocycles. The van der Waals surface area contributed by atoms with Gasteiger partial charge < -0.3 is 0 Å². The average Bonchev–Trinajstić information content (AvgIpc) is 3.50. The third-order valence-corrected chi connectivity index (χ3v) is 11.6. The second-order valence-electron chi connectivity index (χ2n) is 15.4. The minimum Gasteiger partial charge on any atom is -0.282 e. The summed E-state index contributed by atoms with van der Waals surface area (Å²) in [5.41, 5.74) is 12.2. The Labute approximate surface area is 332 Å². The maximum absolute atomic E-state index is 9.27. The zero-order chi connectivity index (χ0) is 38.5. The predicted octanol–water partition coefficient (Wildman–Crippen LogP) is 13.7. The van der Waals surface area contributed by atoms with Crippen molar-refractivity contribution in [3.63, 3.8) is 0 Å². The van der Waals surface area contributed by atoms with Gasteiger partial charge in [-0.15, -0.1) is 0 Å². The summed E-state index contributed by atoms with van der Waals surface area (Å²) in [5.74, 6) is 0.628. The van der Waals surface area contributed by atoms with Crippen LogP contribution in [0.15, 0.2) is 198 Å². The van der Waals surface area contributed by atoms with Crippen molar-refractivity contribution < 1.29 is 0 Å². The van der Waals surface area contributed by atoms with Gasteiger partial charge in [0, 0.05) is 28.3 Å². The number of aliphatic imine (C=N–C) groups is 2. The molecule has 270 valence electrons. The van der Waals surface area contributed by atoms with Crippen molar-refractivity contribution in [3.8, 4) is 33.4 Å². The number of hydrogen-bond donors (Lipinski definition) is 1. The van der Waals surface area contributed by atoms with Crippen LogP contribution in [0.3, 0.4) is 0 Å². The van der Waals surface area contributed by atoms with Crippen LogP contribution < -0.4 is 0 Å². The van der Waals surface area contributed by atoms with Crippen LogP contribution in [0.4, 0.5) is 0 Å². The van der Waals surface area contributed by atoms with E-state index in [1.807, 2.05) is 42.6 Å². The fraction of sp³-hybridized carbons (Fsp3) is 0.0556. The summed E-state index contributed by atoms with van der Waals surface area (Å²) < 4.78 is 0. The molecule has 9 aromatic rings. The van der Waals surface area contributed by atoms with Crippen molar-refractivity contribution in [3.05, 3.63) is 216 Å². The quantitative estimate of drug-likeness (QED) is 0.0794. The van der Waals surface area contributed by atoms with E-state index in [9.17, 15) is 5.41 Å². The van der Waals surface area contributed by atoms with E-state index in [-0.39, 0.29) is 11.3 Å². The molecule has 0 fully saturated rings. The minimum absolute atomic E-state index is 0.103. The fourth-order valence-corrected chi connectivity index (χ4v) is 8.63. The van der Waals surface area contributed by atoms with Gasteiger partial charge in [-0.3, -0.25) is 5.41 Å². The van der Waals surface area contributed by atoms with E-state index in [0.717, 1.165) is 55.1 Å². The average molecular weight is 730 g/mol. The number of hydrogen-bond acceptors (Lipinski definition) is 1. The van der Waals surface area contributed by atoms with Gasteiger partial charge in [-0.1, -0.05) is 184 Å². The van der Waals surface area contributed by atoms with Crippen LogP contribution in [0.2, 0.25) is 0 Å². The van der Waals surface area contributed by atoms with Gasteiger partial charge in [0.05, 0.1) is 0 Å². The van der Waals surface area contributed by atoms with Gasteiger partial charge in [-0.2, -0.15) is 0 Å². The van der Waals surface area contributed by atoms with Gasteiger partial charge in [0.2, 0.25) is 0 Å². The molecule has 0 saturated carbocycles. The van der Waals surface area contributed by atoms with Crippen molar-refractivity contribution in [2.75, 3.05) is 0 Å². The van der Waals surface area contributed by atoms with Crippen molar-refractivity contribution in [1.82, 2.24) is 0 Å². The highest BCUT2D eigenvalue weighted by Gasteiger charge is 2.35. The SMILES string of the molecule is CC1(C)c2ccccc2-c2ccc(-c3cccc(C(N=Cc4c5ccccc5cc5c4ccc4ccccc45)=NC(=N)c4ccc(-c5ccccc5)cc4)c3)cc21. The summed E-state index contributed by atoms with van der Waals surface area (Å²) in [6.07, 6.45) is 1.95. The molecule has 1 aliphatic carbocycles. The Kier molecular flexibility index (Phi) is 8.30. The van der Waals surface area contributed by atoms with E-state index in [1.54, 1.807) is 0 Å². The molecule has 0 atom stereocenters. The van der Waals surface area contributed by atoms with Crippen molar-refractivity contribution >= 4 is 50.2 Å². The highest BCUT2D eigenvalue weighted by molar-refractivity contribution is 6.22. The molecule has 0 aliphatic heterocycles. The van der Waals surface area contributed by atoms with E-state index in [1.165, 1.54) is 38.4 Å².